The number of allylic oxidation sites excluding steroid dienone is 2. The molecule has 72 valence electrons. The first-order valence-corrected chi connectivity index (χ1v) is 3.83. The summed E-state index contributed by atoms with van der Waals surface area (Å²) in [6, 6.07) is -0.0396. The highest BCUT2D eigenvalue weighted by Gasteiger charge is 2.29. The minimum atomic E-state index is -4.18. The van der Waals surface area contributed by atoms with E-state index in [1.807, 2.05) is 0 Å². The molecule has 0 fully saturated rings. The van der Waals surface area contributed by atoms with E-state index in [0.29, 0.717) is 12.8 Å². The van der Waals surface area contributed by atoms with Crippen LogP contribution in [0.15, 0.2) is 11.6 Å². The van der Waals surface area contributed by atoms with Crippen LogP contribution < -0.4 is 5.73 Å². The Hall–Kier alpha value is -0.510. The Bertz CT molecular complexity index is 158. The highest BCUT2D eigenvalue weighted by Crippen LogP contribution is 2.25. The van der Waals surface area contributed by atoms with Crippen molar-refractivity contribution in [1.29, 1.82) is 0 Å². The third-order valence-electron chi connectivity index (χ3n) is 1.52. The van der Waals surface area contributed by atoms with E-state index in [-0.39, 0.29) is 6.04 Å². The molecule has 1 unspecified atom stereocenters. The zero-order chi connectivity index (χ0) is 9.78. The maximum absolute atomic E-state index is 11.9. The Kier molecular flexibility index (Phi) is 4.31. The molecule has 0 bridgehead atoms. The molecule has 1 nitrogen and oxygen atoms in total. The van der Waals surface area contributed by atoms with Gasteiger partial charge < -0.3 is 5.73 Å². The standard InChI is InChI=1S/C8H14F3N/c1-6(8(9,10)11)4-3-5-7(2)12/h4,7H,3,5,12H2,1-2H3/b6-4-. The molecule has 0 aromatic rings. The summed E-state index contributed by atoms with van der Waals surface area (Å²) in [5, 5.41) is 0. The zero-order valence-corrected chi connectivity index (χ0v) is 7.28. The highest BCUT2D eigenvalue weighted by atomic mass is 19.4. The third-order valence-corrected chi connectivity index (χ3v) is 1.52. The lowest BCUT2D eigenvalue weighted by Crippen LogP contribution is -2.14. The summed E-state index contributed by atoms with van der Waals surface area (Å²) in [4.78, 5) is 0. The maximum Gasteiger partial charge on any atom is 0.412 e. The van der Waals surface area contributed by atoms with E-state index in [1.165, 1.54) is 6.08 Å². The summed E-state index contributed by atoms with van der Waals surface area (Å²) < 4.78 is 35.6. The van der Waals surface area contributed by atoms with Gasteiger partial charge in [-0.15, -0.1) is 0 Å². The molecule has 0 heterocycles. The van der Waals surface area contributed by atoms with Gasteiger partial charge in [-0.1, -0.05) is 6.08 Å². The van der Waals surface area contributed by atoms with Crippen LogP contribution in [0, 0.1) is 0 Å². The fourth-order valence-corrected chi connectivity index (χ4v) is 0.678. The minimum Gasteiger partial charge on any atom is -0.328 e. The van der Waals surface area contributed by atoms with E-state index >= 15 is 0 Å². The summed E-state index contributed by atoms with van der Waals surface area (Å²) in [6.45, 7) is 2.85. The Morgan fingerprint density at radius 3 is 2.33 bits per heavy atom. The molecule has 0 saturated heterocycles. The van der Waals surface area contributed by atoms with E-state index in [1.54, 1.807) is 6.92 Å². The fraction of sp³-hybridized carbons (Fsp3) is 0.750. The van der Waals surface area contributed by atoms with Gasteiger partial charge in [-0.3, -0.25) is 0 Å². The first kappa shape index (κ1) is 11.5. The van der Waals surface area contributed by atoms with Crippen LogP contribution in [0.25, 0.3) is 0 Å². The number of hydrogen-bond donors (Lipinski definition) is 1. The molecule has 0 rings (SSSR count). The number of hydrogen-bond acceptors (Lipinski definition) is 1. The second-order valence-electron chi connectivity index (χ2n) is 2.94. The van der Waals surface area contributed by atoms with Gasteiger partial charge in [0.1, 0.15) is 0 Å². The Balaban J connectivity index is 3.86. The molecular formula is C8H14F3N. The molecule has 0 aromatic carbocycles. The Labute approximate surface area is 70.4 Å². The summed E-state index contributed by atoms with van der Waals surface area (Å²) in [5.41, 5.74) is 4.84. The first-order chi connectivity index (χ1) is 5.34. The number of rotatable bonds is 3. The molecule has 4 heteroatoms. The van der Waals surface area contributed by atoms with Crippen molar-refractivity contribution in [3.05, 3.63) is 11.6 Å². The van der Waals surface area contributed by atoms with Gasteiger partial charge in [0.2, 0.25) is 0 Å². The molecule has 0 amide bonds. The first-order valence-electron chi connectivity index (χ1n) is 3.83. The molecule has 2 N–H and O–H groups in total. The molecule has 0 aliphatic heterocycles. The minimum absolute atomic E-state index is 0.0396. The second kappa shape index (κ2) is 4.50. The summed E-state index contributed by atoms with van der Waals surface area (Å²) in [6.07, 6.45) is -2.02. The van der Waals surface area contributed by atoms with Crippen LogP contribution in [-0.4, -0.2) is 12.2 Å². The van der Waals surface area contributed by atoms with Crippen molar-refractivity contribution < 1.29 is 13.2 Å². The van der Waals surface area contributed by atoms with Crippen molar-refractivity contribution in [1.82, 2.24) is 0 Å². The Morgan fingerprint density at radius 2 is 2.00 bits per heavy atom. The molecular weight excluding hydrogens is 167 g/mol. The van der Waals surface area contributed by atoms with Crippen molar-refractivity contribution in [2.24, 2.45) is 5.73 Å². The number of halogens is 3. The van der Waals surface area contributed by atoms with E-state index in [0.717, 1.165) is 6.92 Å². The lowest BCUT2D eigenvalue weighted by atomic mass is 10.1. The third kappa shape index (κ3) is 5.18. The largest absolute Gasteiger partial charge is 0.412 e. The molecule has 0 aromatic heterocycles. The van der Waals surface area contributed by atoms with Gasteiger partial charge >= 0.3 is 6.18 Å². The monoisotopic (exact) mass is 181 g/mol. The van der Waals surface area contributed by atoms with E-state index in [4.69, 9.17) is 5.73 Å². The predicted octanol–water partition coefficient (Wildman–Crippen LogP) is 2.62. The van der Waals surface area contributed by atoms with Gasteiger partial charge in [-0.2, -0.15) is 13.2 Å². The smallest absolute Gasteiger partial charge is 0.328 e. The lowest BCUT2D eigenvalue weighted by Gasteiger charge is -2.06. The highest BCUT2D eigenvalue weighted by molar-refractivity contribution is 5.04. The van der Waals surface area contributed by atoms with Crippen LogP contribution in [0.5, 0.6) is 0 Å². The van der Waals surface area contributed by atoms with Crippen LogP contribution in [0.2, 0.25) is 0 Å². The average Bonchev–Trinajstić information content (AvgIpc) is 1.84. The van der Waals surface area contributed by atoms with Gasteiger partial charge in [0.05, 0.1) is 0 Å². The van der Waals surface area contributed by atoms with E-state index < -0.39 is 11.7 Å². The topological polar surface area (TPSA) is 26.0 Å². The van der Waals surface area contributed by atoms with Gasteiger partial charge in [0.25, 0.3) is 0 Å². The van der Waals surface area contributed by atoms with Crippen LogP contribution >= 0.6 is 0 Å². The summed E-state index contributed by atoms with van der Waals surface area (Å²) in [5.74, 6) is 0. The molecule has 0 radical (unpaired) electrons. The molecule has 12 heavy (non-hydrogen) atoms. The van der Waals surface area contributed by atoms with Crippen molar-refractivity contribution in [3.8, 4) is 0 Å². The Morgan fingerprint density at radius 1 is 1.50 bits per heavy atom. The SMILES string of the molecule is C/C(=C/CCC(C)N)C(F)(F)F. The van der Waals surface area contributed by atoms with Crippen LogP contribution in [-0.2, 0) is 0 Å². The maximum atomic E-state index is 11.9. The number of nitrogens with two attached hydrogens (primary N) is 1. The van der Waals surface area contributed by atoms with E-state index in [2.05, 4.69) is 0 Å². The van der Waals surface area contributed by atoms with Gasteiger partial charge in [0.15, 0.2) is 0 Å². The molecule has 1 atom stereocenters. The molecule has 0 aliphatic carbocycles. The predicted molar refractivity (Wildman–Crippen MR) is 42.7 cm³/mol. The van der Waals surface area contributed by atoms with Gasteiger partial charge in [-0.05, 0) is 26.7 Å². The van der Waals surface area contributed by atoms with Crippen molar-refractivity contribution in [2.75, 3.05) is 0 Å². The molecule has 0 saturated carbocycles. The van der Waals surface area contributed by atoms with Crippen LogP contribution in [0.4, 0.5) is 13.2 Å². The fourth-order valence-electron chi connectivity index (χ4n) is 0.678. The lowest BCUT2D eigenvalue weighted by molar-refractivity contribution is -0.0915. The van der Waals surface area contributed by atoms with Crippen molar-refractivity contribution >= 4 is 0 Å². The second-order valence-corrected chi connectivity index (χ2v) is 2.94. The van der Waals surface area contributed by atoms with Crippen LogP contribution in [0.3, 0.4) is 0 Å². The van der Waals surface area contributed by atoms with Crippen LogP contribution in [0.1, 0.15) is 26.7 Å². The quantitative estimate of drug-likeness (QED) is 0.665. The molecule has 0 spiro atoms. The number of alkyl halides is 3. The zero-order valence-electron chi connectivity index (χ0n) is 7.28. The van der Waals surface area contributed by atoms with E-state index in [9.17, 15) is 13.2 Å². The average molecular weight is 181 g/mol. The summed E-state index contributed by atoms with van der Waals surface area (Å²) >= 11 is 0. The van der Waals surface area contributed by atoms with Gasteiger partial charge in [-0.25, -0.2) is 0 Å². The van der Waals surface area contributed by atoms with Crippen molar-refractivity contribution in [2.45, 2.75) is 38.9 Å². The summed E-state index contributed by atoms with van der Waals surface area (Å²) in [7, 11) is 0. The van der Waals surface area contributed by atoms with Gasteiger partial charge in [0, 0.05) is 11.6 Å². The van der Waals surface area contributed by atoms with Crippen molar-refractivity contribution in [3.63, 3.8) is 0 Å². The normalized spacial score (nSPS) is 16.3. The molecule has 0 aliphatic rings.